The van der Waals surface area contributed by atoms with Gasteiger partial charge in [0.1, 0.15) is 23.9 Å². The molecule has 0 saturated heterocycles. The summed E-state index contributed by atoms with van der Waals surface area (Å²) < 4.78 is 11.5. The van der Waals surface area contributed by atoms with Crippen molar-refractivity contribution in [1.29, 1.82) is 0 Å². The molecule has 1 aromatic heterocycles. The summed E-state index contributed by atoms with van der Waals surface area (Å²) in [6, 6.07) is 8.27. The van der Waals surface area contributed by atoms with Gasteiger partial charge in [-0.25, -0.2) is 0 Å². The van der Waals surface area contributed by atoms with Crippen LogP contribution in [0.4, 0.5) is 0 Å². The Balaban J connectivity index is 2.06. The van der Waals surface area contributed by atoms with Crippen molar-refractivity contribution in [1.82, 2.24) is 5.32 Å². The Kier molecular flexibility index (Phi) is 4.27. The van der Waals surface area contributed by atoms with E-state index in [0.717, 1.165) is 29.4 Å². The van der Waals surface area contributed by atoms with Crippen molar-refractivity contribution < 1.29 is 9.15 Å². The molecule has 0 saturated carbocycles. The summed E-state index contributed by atoms with van der Waals surface area (Å²) in [6.45, 7) is 7.38. The average Bonchev–Trinajstić information content (AvgIpc) is 2.72. The van der Waals surface area contributed by atoms with Gasteiger partial charge in [0.15, 0.2) is 0 Å². The van der Waals surface area contributed by atoms with E-state index < -0.39 is 0 Å². The molecule has 2 aromatic rings. The van der Waals surface area contributed by atoms with Crippen molar-refractivity contribution in [2.45, 2.75) is 33.9 Å². The molecule has 0 atom stereocenters. The second-order valence-electron chi connectivity index (χ2n) is 4.88. The molecule has 3 nitrogen and oxygen atoms in total. The van der Waals surface area contributed by atoms with Gasteiger partial charge < -0.3 is 14.5 Å². The van der Waals surface area contributed by atoms with Crippen LogP contribution in [-0.2, 0) is 13.2 Å². The van der Waals surface area contributed by atoms with Gasteiger partial charge >= 0.3 is 0 Å². The van der Waals surface area contributed by atoms with E-state index in [4.69, 9.17) is 9.15 Å². The third-order valence-corrected chi connectivity index (χ3v) is 3.15. The predicted octanol–water partition coefficient (Wildman–Crippen LogP) is 3.50. The lowest BCUT2D eigenvalue weighted by atomic mass is 10.1. The minimum Gasteiger partial charge on any atom is -0.485 e. The normalized spacial score (nSPS) is 10.7. The number of hydrogen-bond donors (Lipinski definition) is 1. The average molecular weight is 259 g/mol. The number of nitrogens with one attached hydrogen (secondary N) is 1. The minimum atomic E-state index is 0.467. The van der Waals surface area contributed by atoms with Gasteiger partial charge in [-0.3, -0.25) is 0 Å². The van der Waals surface area contributed by atoms with Crippen LogP contribution in [0.5, 0.6) is 5.75 Å². The highest BCUT2D eigenvalue weighted by Gasteiger charge is 2.08. The molecule has 3 heteroatoms. The zero-order valence-electron chi connectivity index (χ0n) is 12.0. The predicted molar refractivity (Wildman–Crippen MR) is 76.5 cm³/mol. The molecule has 2 rings (SSSR count). The number of benzene rings is 1. The SMILES string of the molecule is CNCc1cc(COc2cc(C)ccc2C)oc1C. The van der Waals surface area contributed by atoms with E-state index in [2.05, 4.69) is 43.4 Å². The maximum Gasteiger partial charge on any atom is 0.146 e. The van der Waals surface area contributed by atoms with Gasteiger partial charge in [-0.2, -0.15) is 0 Å². The first-order valence-corrected chi connectivity index (χ1v) is 6.53. The summed E-state index contributed by atoms with van der Waals surface area (Å²) in [5, 5.41) is 3.13. The summed E-state index contributed by atoms with van der Waals surface area (Å²) in [7, 11) is 1.93. The number of ether oxygens (including phenoxy) is 1. The molecule has 0 spiro atoms. The molecule has 0 aliphatic carbocycles. The van der Waals surface area contributed by atoms with Crippen LogP contribution in [0.25, 0.3) is 0 Å². The first-order chi connectivity index (χ1) is 9.10. The molecule has 0 aliphatic heterocycles. The van der Waals surface area contributed by atoms with Crippen LogP contribution in [0.3, 0.4) is 0 Å². The smallest absolute Gasteiger partial charge is 0.146 e. The van der Waals surface area contributed by atoms with E-state index in [0.29, 0.717) is 6.61 Å². The van der Waals surface area contributed by atoms with Crippen LogP contribution in [0.2, 0.25) is 0 Å². The van der Waals surface area contributed by atoms with Crippen molar-refractivity contribution in [3.63, 3.8) is 0 Å². The van der Waals surface area contributed by atoms with Crippen LogP contribution in [0, 0.1) is 20.8 Å². The molecule has 102 valence electrons. The third kappa shape index (κ3) is 3.38. The summed E-state index contributed by atoms with van der Waals surface area (Å²) in [5.74, 6) is 2.74. The standard InChI is InChI=1S/C16H21NO2/c1-11-5-6-12(2)16(7-11)18-10-15-8-14(9-17-4)13(3)19-15/h5-8,17H,9-10H2,1-4H3. The Morgan fingerprint density at radius 2 is 1.95 bits per heavy atom. The molecule has 1 heterocycles. The van der Waals surface area contributed by atoms with Crippen molar-refractivity contribution in [3.8, 4) is 5.75 Å². The third-order valence-electron chi connectivity index (χ3n) is 3.15. The fourth-order valence-corrected chi connectivity index (χ4v) is 2.04. The van der Waals surface area contributed by atoms with E-state index >= 15 is 0 Å². The number of rotatable bonds is 5. The van der Waals surface area contributed by atoms with Gasteiger partial charge in [-0.15, -0.1) is 0 Å². The van der Waals surface area contributed by atoms with Crippen molar-refractivity contribution in [2.75, 3.05) is 7.05 Å². The first-order valence-electron chi connectivity index (χ1n) is 6.53. The van der Waals surface area contributed by atoms with Gasteiger partial charge in [-0.1, -0.05) is 12.1 Å². The molecule has 0 bridgehead atoms. The monoisotopic (exact) mass is 259 g/mol. The van der Waals surface area contributed by atoms with E-state index in [1.54, 1.807) is 0 Å². The highest BCUT2D eigenvalue weighted by Crippen LogP contribution is 2.22. The van der Waals surface area contributed by atoms with Crippen LogP contribution >= 0.6 is 0 Å². The lowest BCUT2D eigenvalue weighted by Gasteiger charge is -2.08. The number of aryl methyl sites for hydroxylation is 3. The Bertz CT molecular complexity index is 558. The second kappa shape index (κ2) is 5.93. The van der Waals surface area contributed by atoms with Crippen molar-refractivity contribution >= 4 is 0 Å². The molecule has 0 amide bonds. The van der Waals surface area contributed by atoms with Gasteiger partial charge in [0.2, 0.25) is 0 Å². The zero-order chi connectivity index (χ0) is 13.8. The van der Waals surface area contributed by atoms with Gasteiger partial charge in [0.05, 0.1) is 0 Å². The Morgan fingerprint density at radius 3 is 2.68 bits per heavy atom. The molecular formula is C16H21NO2. The quantitative estimate of drug-likeness (QED) is 0.892. The largest absolute Gasteiger partial charge is 0.485 e. The molecule has 0 radical (unpaired) electrons. The van der Waals surface area contributed by atoms with E-state index in [1.165, 1.54) is 11.1 Å². The topological polar surface area (TPSA) is 34.4 Å². The van der Waals surface area contributed by atoms with E-state index in [-0.39, 0.29) is 0 Å². The molecule has 1 N–H and O–H groups in total. The van der Waals surface area contributed by atoms with Crippen LogP contribution in [0.15, 0.2) is 28.7 Å². The van der Waals surface area contributed by atoms with Crippen molar-refractivity contribution in [2.24, 2.45) is 0 Å². The fourth-order valence-electron chi connectivity index (χ4n) is 2.04. The summed E-state index contributed by atoms with van der Waals surface area (Å²) in [6.07, 6.45) is 0. The first kappa shape index (κ1) is 13.7. The zero-order valence-corrected chi connectivity index (χ0v) is 12.0. The van der Waals surface area contributed by atoms with Crippen molar-refractivity contribution in [3.05, 3.63) is 52.5 Å². The molecule has 19 heavy (non-hydrogen) atoms. The minimum absolute atomic E-state index is 0.467. The summed E-state index contributed by atoms with van der Waals surface area (Å²) in [5.41, 5.74) is 3.53. The molecule has 1 aromatic carbocycles. The summed E-state index contributed by atoms with van der Waals surface area (Å²) in [4.78, 5) is 0. The van der Waals surface area contributed by atoms with Crippen LogP contribution in [0.1, 0.15) is 28.2 Å². The lowest BCUT2D eigenvalue weighted by Crippen LogP contribution is -2.04. The summed E-state index contributed by atoms with van der Waals surface area (Å²) >= 11 is 0. The fraction of sp³-hybridized carbons (Fsp3) is 0.375. The second-order valence-corrected chi connectivity index (χ2v) is 4.88. The van der Waals surface area contributed by atoms with Crippen LogP contribution in [-0.4, -0.2) is 7.05 Å². The highest BCUT2D eigenvalue weighted by atomic mass is 16.5. The van der Waals surface area contributed by atoms with Crippen LogP contribution < -0.4 is 10.1 Å². The van der Waals surface area contributed by atoms with E-state index in [1.807, 2.05) is 14.0 Å². The Morgan fingerprint density at radius 1 is 1.16 bits per heavy atom. The Labute approximate surface area is 114 Å². The molecule has 0 fully saturated rings. The van der Waals surface area contributed by atoms with Gasteiger partial charge in [0.25, 0.3) is 0 Å². The van der Waals surface area contributed by atoms with Gasteiger partial charge in [0, 0.05) is 12.1 Å². The molecule has 0 unspecified atom stereocenters. The van der Waals surface area contributed by atoms with Gasteiger partial charge in [-0.05, 0) is 51.1 Å². The maximum atomic E-state index is 5.84. The number of hydrogen-bond acceptors (Lipinski definition) is 3. The number of furan rings is 1. The molecule has 0 aliphatic rings. The Hall–Kier alpha value is -1.74. The maximum absolute atomic E-state index is 5.84. The van der Waals surface area contributed by atoms with E-state index in [9.17, 15) is 0 Å². The lowest BCUT2D eigenvalue weighted by molar-refractivity contribution is 0.266. The molecular weight excluding hydrogens is 238 g/mol. The highest BCUT2D eigenvalue weighted by molar-refractivity contribution is 5.36.